The number of amides is 2. The van der Waals surface area contributed by atoms with E-state index >= 15 is 0 Å². The number of nitrogens with zero attached hydrogens (tertiary/aromatic N) is 2. The third-order valence-corrected chi connectivity index (χ3v) is 5.34. The van der Waals surface area contributed by atoms with Gasteiger partial charge in [-0.2, -0.15) is 0 Å². The predicted molar refractivity (Wildman–Crippen MR) is 106 cm³/mol. The molecule has 25 heavy (non-hydrogen) atoms. The van der Waals surface area contributed by atoms with Gasteiger partial charge in [0, 0.05) is 49.1 Å². The zero-order valence-electron chi connectivity index (χ0n) is 14.6. The molecule has 0 spiro atoms. The van der Waals surface area contributed by atoms with Gasteiger partial charge in [0.25, 0.3) is 0 Å². The summed E-state index contributed by atoms with van der Waals surface area (Å²) in [6.45, 7) is 6.11. The van der Waals surface area contributed by atoms with Gasteiger partial charge in [0.2, 0.25) is 0 Å². The zero-order valence-corrected chi connectivity index (χ0v) is 15.5. The Bertz CT molecular complexity index is 684. The van der Waals surface area contributed by atoms with E-state index in [1.807, 2.05) is 23.1 Å². The molecule has 0 saturated carbocycles. The minimum atomic E-state index is 0.0533. The van der Waals surface area contributed by atoms with Crippen LogP contribution in [0.5, 0.6) is 0 Å². The van der Waals surface area contributed by atoms with Crippen molar-refractivity contribution < 1.29 is 4.79 Å². The molecule has 0 aliphatic carbocycles. The molecule has 0 aromatic heterocycles. The molecule has 4 nitrogen and oxygen atoms in total. The molecule has 2 aromatic carbocycles. The first-order chi connectivity index (χ1) is 12.2. The molecule has 0 bridgehead atoms. The second kappa shape index (κ2) is 8.81. The lowest BCUT2D eigenvalue weighted by Gasteiger charge is -2.36. The van der Waals surface area contributed by atoms with Crippen molar-refractivity contribution in [2.45, 2.75) is 11.8 Å². The Kier molecular flexibility index (Phi) is 6.23. The van der Waals surface area contributed by atoms with E-state index in [9.17, 15) is 4.79 Å². The van der Waals surface area contributed by atoms with Crippen molar-refractivity contribution in [3.8, 4) is 0 Å². The van der Waals surface area contributed by atoms with E-state index in [0.29, 0.717) is 6.54 Å². The number of nitrogens with one attached hydrogen (secondary N) is 1. The van der Waals surface area contributed by atoms with Crippen LogP contribution in [0.1, 0.15) is 5.56 Å². The molecular formula is C20H25N3OS. The van der Waals surface area contributed by atoms with Crippen LogP contribution in [0.4, 0.5) is 10.5 Å². The van der Waals surface area contributed by atoms with Crippen LogP contribution in [0, 0.1) is 6.92 Å². The lowest BCUT2D eigenvalue weighted by molar-refractivity contribution is 0.195. The van der Waals surface area contributed by atoms with Crippen LogP contribution in [0.15, 0.2) is 59.5 Å². The first-order valence-electron chi connectivity index (χ1n) is 8.74. The molecule has 2 amide bonds. The number of urea groups is 1. The van der Waals surface area contributed by atoms with Crippen molar-refractivity contribution >= 4 is 23.5 Å². The quantitative estimate of drug-likeness (QED) is 0.657. The van der Waals surface area contributed by atoms with E-state index in [0.717, 1.165) is 31.9 Å². The smallest absolute Gasteiger partial charge is 0.317 e. The number of thioether (sulfide) groups is 1. The lowest BCUT2D eigenvalue weighted by Crippen LogP contribution is -2.52. The van der Waals surface area contributed by atoms with E-state index in [2.05, 4.69) is 53.5 Å². The van der Waals surface area contributed by atoms with Crippen molar-refractivity contribution in [3.05, 3.63) is 60.2 Å². The SMILES string of the molecule is Cc1cccc(N2CCN(C(=O)NCCSc3ccccc3)CC2)c1. The van der Waals surface area contributed by atoms with Crippen LogP contribution in [0.2, 0.25) is 0 Å². The molecule has 0 radical (unpaired) electrons. The number of aryl methyl sites for hydroxylation is 1. The van der Waals surface area contributed by atoms with E-state index in [4.69, 9.17) is 0 Å². The van der Waals surface area contributed by atoms with E-state index in [1.54, 1.807) is 11.8 Å². The molecule has 3 rings (SSSR count). The minimum absolute atomic E-state index is 0.0533. The van der Waals surface area contributed by atoms with Crippen molar-refractivity contribution in [2.24, 2.45) is 0 Å². The number of piperazine rings is 1. The summed E-state index contributed by atoms with van der Waals surface area (Å²) in [5, 5.41) is 3.03. The van der Waals surface area contributed by atoms with E-state index in [1.165, 1.54) is 16.1 Å². The van der Waals surface area contributed by atoms with Gasteiger partial charge in [-0.15, -0.1) is 11.8 Å². The van der Waals surface area contributed by atoms with Crippen LogP contribution >= 0.6 is 11.8 Å². The summed E-state index contributed by atoms with van der Waals surface area (Å²) >= 11 is 1.77. The zero-order chi connectivity index (χ0) is 17.5. The Balaban J connectivity index is 1.38. The van der Waals surface area contributed by atoms with Gasteiger partial charge in [0.15, 0.2) is 0 Å². The fourth-order valence-corrected chi connectivity index (χ4v) is 3.74. The highest BCUT2D eigenvalue weighted by Gasteiger charge is 2.20. The fourth-order valence-electron chi connectivity index (χ4n) is 2.95. The molecule has 1 saturated heterocycles. The van der Waals surface area contributed by atoms with Gasteiger partial charge in [0.05, 0.1) is 0 Å². The molecule has 1 aliphatic rings. The molecular weight excluding hydrogens is 330 g/mol. The number of hydrogen-bond acceptors (Lipinski definition) is 3. The first kappa shape index (κ1) is 17.7. The Morgan fingerprint density at radius 3 is 2.52 bits per heavy atom. The minimum Gasteiger partial charge on any atom is -0.368 e. The van der Waals surface area contributed by atoms with Gasteiger partial charge in [-0.25, -0.2) is 4.79 Å². The van der Waals surface area contributed by atoms with Gasteiger partial charge in [-0.1, -0.05) is 30.3 Å². The second-order valence-electron chi connectivity index (χ2n) is 6.21. The van der Waals surface area contributed by atoms with Crippen molar-refractivity contribution in [2.75, 3.05) is 43.4 Å². The Labute approximate surface area is 154 Å². The molecule has 0 unspecified atom stereocenters. The monoisotopic (exact) mass is 355 g/mol. The van der Waals surface area contributed by atoms with Crippen molar-refractivity contribution in [1.29, 1.82) is 0 Å². The number of carbonyl (C=O) groups excluding carboxylic acids is 1. The van der Waals surface area contributed by atoms with Gasteiger partial charge >= 0.3 is 6.03 Å². The third kappa shape index (κ3) is 5.16. The molecule has 1 heterocycles. The number of hydrogen-bond donors (Lipinski definition) is 1. The van der Waals surface area contributed by atoms with E-state index in [-0.39, 0.29) is 6.03 Å². The molecule has 1 aliphatic heterocycles. The summed E-state index contributed by atoms with van der Waals surface area (Å²) in [5.41, 5.74) is 2.52. The fraction of sp³-hybridized carbons (Fsp3) is 0.350. The number of benzene rings is 2. The van der Waals surface area contributed by atoms with Gasteiger partial charge in [0.1, 0.15) is 0 Å². The lowest BCUT2D eigenvalue weighted by atomic mass is 10.2. The van der Waals surface area contributed by atoms with Crippen LogP contribution in [0.25, 0.3) is 0 Å². The third-order valence-electron chi connectivity index (χ3n) is 4.32. The maximum atomic E-state index is 12.3. The summed E-state index contributed by atoms with van der Waals surface area (Å²) in [5.74, 6) is 0.888. The largest absolute Gasteiger partial charge is 0.368 e. The normalized spacial score (nSPS) is 14.4. The topological polar surface area (TPSA) is 35.6 Å². The Morgan fingerprint density at radius 1 is 1.04 bits per heavy atom. The number of anilines is 1. The average molecular weight is 356 g/mol. The molecule has 2 aromatic rings. The van der Waals surface area contributed by atoms with Crippen LogP contribution < -0.4 is 10.2 Å². The van der Waals surface area contributed by atoms with Crippen LogP contribution in [0.3, 0.4) is 0 Å². The van der Waals surface area contributed by atoms with Crippen LogP contribution in [-0.2, 0) is 0 Å². The highest BCUT2D eigenvalue weighted by atomic mass is 32.2. The molecule has 1 N–H and O–H groups in total. The average Bonchev–Trinajstić information content (AvgIpc) is 2.66. The summed E-state index contributed by atoms with van der Waals surface area (Å²) < 4.78 is 0. The maximum absolute atomic E-state index is 12.3. The maximum Gasteiger partial charge on any atom is 0.317 e. The summed E-state index contributed by atoms with van der Waals surface area (Å²) in [6, 6.07) is 18.9. The number of rotatable bonds is 5. The van der Waals surface area contributed by atoms with Crippen molar-refractivity contribution in [3.63, 3.8) is 0 Å². The first-order valence-corrected chi connectivity index (χ1v) is 9.73. The summed E-state index contributed by atoms with van der Waals surface area (Å²) in [6.07, 6.45) is 0. The summed E-state index contributed by atoms with van der Waals surface area (Å²) in [4.78, 5) is 17.8. The van der Waals surface area contributed by atoms with Gasteiger partial charge in [-0.05, 0) is 36.8 Å². The van der Waals surface area contributed by atoms with E-state index < -0.39 is 0 Å². The van der Waals surface area contributed by atoms with Crippen molar-refractivity contribution in [1.82, 2.24) is 10.2 Å². The highest BCUT2D eigenvalue weighted by Crippen LogP contribution is 2.18. The predicted octanol–water partition coefficient (Wildman–Crippen LogP) is 3.62. The summed E-state index contributed by atoms with van der Waals surface area (Å²) in [7, 11) is 0. The second-order valence-corrected chi connectivity index (χ2v) is 7.37. The van der Waals surface area contributed by atoms with Gasteiger partial charge < -0.3 is 15.1 Å². The standard InChI is InChI=1S/C20H25N3OS/c1-17-6-5-7-18(16-17)22-11-13-23(14-12-22)20(24)21-10-15-25-19-8-3-2-4-9-19/h2-9,16H,10-15H2,1H3,(H,21,24). The molecule has 132 valence electrons. The van der Waals surface area contributed by atoms with Gasteiger partial charge in [-0.3, -0.25) is 0 Å². The molecule has 1 fully saturated rings. The van der Waals surface area contributed by atoms with Crippen LogP contribution in [-0.4, -0.2) is 49.4 Å². The molecule has 5 heteroatoms. The highest BCUT2D eigenvalue weighted by molar-refractivity contribution is 7.99. The number of carbonyl (C=O) groups is 1. The Hall–Kier alpha value is -2.14. The molecule has 0 atom stereocenters. The Morgan fingerprint density at radius 2 is 1.80 bits per heavy atom.